The summed E-state index contributed by atoms with van der Waals surface area (Å²) in [6, 6.07) is 11.9. The first kappa shape index (κ1) is 24.6. The zero-order chi connectivity index (χ0) is 24.9. The first-order chi connectivity index (χ1) is 16.9. The van der Waals surface area contributed by atoms with Gasteiger partial charge in [0.25, 0.3) is 0 Å². The number of hydrogen-bond acceptors (Lipinski definition) is 5. The van der Waals surface area contributed by atoms with E-state index < -0.39 is 0 Å². The highest BCUT2D eigenvalue weighted by Gasteiger charge is 2.22. The topological polar surface area (TPSA) is 83.3 Å². The van der Waals surface area contributed by atoms with Gasteiger partial charge in [0, 0.05) is 36.8 Å². The van der Waals surface area contributed by atoms with Crippen LogP contribution in [0.15, 0.2) is 47.4 Å². The smallest absolute Gasteiger partial charge is 0.348 e. The van der Waals surface area contributed by atoms with E-state index in [4.69, 9.17) is 14.2 Å². The maximum atomic E-state index is 12.9. The molecular weight excluding hydrogens is 444 g/mol. The number of unbranched alkanes of at least 4 members (excludes halogenated alkanes) is 1. The van der Waals surface area contributed by atoms with E-state index in [0.717, 1.165) is 40.6 Å². The Morgan fingerprint density at radius 1 is 1.06 bits per heavy atom. The Balaban J connectivity index is 1.86. The van der Waals surface area contributed by atoms with Crippen molar-refractivity contribution in [2.75, 3.05) is 20.0 Å². The predicted molar refractivity (Wildman–Crippen MR) is 138 cm³/mol. The Bertz CT molecular complexity index is 1350. The summed E-state index contributed by atoms with van der Waals surface area (Å²) in [5, 5.41) is 8.10. The Labute approximate surface area is 205 Å². The molecule has 8 heteroatoms. The Kier molecular flexibility index (Phi) is 7.60. The third kappa shape index (κ3) is 5.12. The largest absolute Gasteiger partial charge is 0.493 e. The van der Waals surface area contributed by atoms with E-state index >= 15 is 0 Å². The van der Waals surface area contributed by atoms with Gasteiger partial charge in [0.15, 0.2) is 12.6 Å². The number of nitrogens with one attached hydrogen (secondary N) is 1. The van der Waals surface area contributed by atoms with Crippen LogP contribution in [0.25, 0.3) is 28.0 Å². The van der Waals surface area contributed by atoms with Gasteiger partial charge in [0.2, 0.25) is 0 Å². The summed E-state index contributed by atoms with van der Waals surface area (Å²) < 4.78 is 21.2. The number of H-pyrrole nitrogens is 1. The molecule has 0 saturated carbocycles. The van der Waals surface area contributed by atoms with E-state index in [0.29, 0.717) is 30.5 Å². The van der Waals surface area contributed by atoms with Gasteiger partial charge in [-0.05, 0) is 55.2 Å². The molecule has 4 rings (SSSR count). The molecule has 0 atom stereocenters. The fourth-order valence-corrected chi connectivity index (χ4v) is 4.09. The number of nitrogens with zero attached hydrogens (tertiary/aromatic N) is 3. The van der Waals surface area contributed by atoms with E-state index in [1.165, 1.54) is 0 Å². The van der Waals surface area contributed by atoms with Crippen LogP contribution in [0.3, 0.4) is 0 Å². The molecule has 1 N–H and O–H groups in total. The van der Waals surface area contributed by atoms with Crippen molar-refractivity contribution in [2.45, 2.75) is 46.5 Å². The highest BCUT2D eigenvalue weighted by Crippen LogP contribution is 2.39. The average Bonchev–Trinajstić information content (AvgIpc) is 3.41. The molecule has 4 aromatic rings. The third-order valence-electron chi connectivity index (χ3n) is 6.03. The molecule has 0 spiro atoms. The maximum Gasteiger partial charge on any atom is 0.348 e. The fraction of sp³-hybridized carbons (Fsp3) is 0.407. The lowest BCUT2D eigenvalue weighted by atomic mass is 9.98. The van der Waals surface area contributed by atoms with E-state index in [2.05, 4.69) is 31.0 Å². The van der Waals surface area contributed by atoms with Crippen LogP contribution < -0.4 is 15.2 Å². The molecule has 8 nitrogen and oxygen atoms in total. The van der Waals surface area contributed by atoms with Gasteiger partial charge in [-0.2, -0.15) is 5.10 Å². The van der Waals surface area contributed by atoms with Gasteiger partial charge in [0.1, 0.15) is 11.5 Å². The quantitative estimate of drug-likeness (QED) is 0.231. The molecule has 186 valence electrons. The zero-order valence-corrected chi connectivity index (χ0v) is 21.1. The lowest BCUT2D eigenvalue weighted by Crippen LogP contribution is -2.16. The summed E-state index contributed by atoms with van der Waals surface area (Å²) in [5.74, 6) is 2.00. The molecule has 0 radical (unpaired) electrons. The lowest BCUT2D eigenvalue weighted by molar-refractivity contribution is 0.0216. The number of benzene rings is 2. The predicted octanol–water partition coefficient (Wildman–Crippen LogP) is 5.39. The number of ether oxygens (including phenoxy) is 3. The van der Waals surface area contributed by atoms with Gasteiger partial charge in [-0.15, -0.1) is 0 Å². The lowest BCUT2D eigenvalue weighted by Gasteiger charge is -2.19. The average molecular weight is 479 g/mol. The molecule has 2 aromatic carbocycles. The molecule has 2 aromatic heterocycles. The van der Waals surface area contributed by atoms with Crippen molar-refractivity contribution in [3.8, 4) is 28.6 Å². The molecule has 2 heterocycles. The van der Waals surface area contributed by atoms with Crippen molar-refractivity contribution in [3.63, 3.8) is 0 Å². The van der Waals surface area contributed by atoms with Crippen LogP contribution in [-0.4, -0.2) is 39.3 Å². The van der Waals surface area contributed by atoms with Gasteiger partial charge in [0.05, 0.1) is 17.9 Å². The molecule has 0 aliphatic rings. The van der Waals surface area contributed by atoms with Crippen molar-refractivity contribution < 1.29 is 14.2 Å². The van der Waals surface area contributed by atoms with Crippen LogP contribution in [-0.2, 0) is 11.8 Å². The van der Waals surface area contributed by atoms with E-state index in [1.54, 1.807) is 4.57 Å². The Morgan fingerprint density at radius 3 is 2.63 bits per heavy atom. The second kappa shape index (κ2) is 10.8. The van der Waals surface area contributed by atoms with E-state index in [9.17, 15) is 4.79 Å². The van der Waals surface area contributed by atoms with Gasteiger partial charge in [-0.3, -0.25) is 0 Å². The number of fused-ring (bicyclic) bond motifs is 1. The Hall–Kier alpha value is -3.52. The minimum atomic E-state index is -0.308. The van der Waals surface area contributed by atoms with Gasteiger partial charge in [-0.1, -0.05) is 27.2 Å². The van der Waals surface area contributed by atoms with Crippen molar-refractivity contribution in [1.82, 2.24) is 19.3 Å². The number of aryl methyl sites for hydroxylation is 1. The first-order valence-electron chi connectivity index (χ1n) is 12.2. The first-order valence-corrected chi connectivity index (χ1v) is 12.2. The van der Waals surface area contributed by atoms with Gasteiger partial charge < -0.3 is 18.8 Å². The second-order valence-corrected chi connectivity index (χ2v) is 8.86. The molecular formula is C27H34N4O4. The SMILES string of the molecule is CCCCOc1cc(OCOCC)c(C(C)C)cc1-c1n[nH]c(=O)n1-c1ccc2c(ccn2C)c1. The second-order valence-electron chi connectivity index (χ2n) is 8.86. The van der Waals surface area contributed by atoms with Crippen LogP contribution in [0.5, 0.6) is 11.5 Å². The van der Waals surface area contributed by atoms with Crippen molar-refractivity contribution in [1.29, 1.82) is 0 Å². The molecule has 0 bridgehead atoms. The third-order valence-corrected chi connectivity index (χ3v) is 6.03. The van der Waals surface area contributed by atoms with Crippen molar-refractivity contribution in [3.05, 3.63) is 58.6 Å². The molecule has 0 amide bonds. The Morgan fingerprint density at radius 2 is 1.89 bits per heavy atom. The standard InChI is InChI=1S/C27H34N4O4/c1-6-8-13-34-25-16-24(35-17-33-7-2)21(18(3)4)15-22(25)26-28-29-27(32)31(26)20-9-10-23-19(14-20)11-12-30(23)5/h9-12,14-16,18H,6-8,13,17H2,1-5H3,(H,29,32). The zero-order valence-electron chi connectivity index (χ0n) is 21.1. The van der Waals surface area contributed by atoms with Crippen LogP contribution in [0.1, 0.15) is 52.0 Å². The number of aromatic nitrogens is 4. The van der Waals surface area contributed by atoms with E-state index in [1.807, 2.05) is 61.1 Å². The summed E-state index contributed by atoms with van der Waals surface area (Å²) in [6.45, 7) is 9.54. The highest BCUT2D eigenvalue weighted by atomic mass is 16.7. The van der Waals surface area contributed by atoms with Gasteiger partial charge >= 0.3 is 5.69 Å². The maximum absolute atomic E-state index is 12.9. The summed E-state index contributed by atoms with van der Waals surface area (Å²) in [4.78, 5) is 12.9. The highest BCUT2D eigenvalue weighted by molar-refractivity contribution is 5.82. The number of rotatable bonds is 11. The summed E-state index contributed by atoms with van der Waals surface area (Å²) in [6.07, 6.45) is 3.93. The fourth-order valence-electron chi connectivity index (χ4n) is 4.09. The molecule has 0 aliphatic carbocycles. The van der Waals surface area contributed by atoms with Crippen LogP contribution in [0, 0.1) is 0 Å². The normalized spacial score (nSPS) is 11.5. The van der Waals surface area contributed by atoms with Gasteiger partial charge in [-0.25, -0.2) is 14.5 Å². The van der Waals surface area contributed by atoms with Crippen molar-refractivity contribution >= 4 is 10.9 Å². The minimum absolute atomic E-state index is 0.161. The van der Waals surface area contributed by atoms with Crippen molar-refractivity contribution in [2.24, 2.45) is 7.05 Å². The monoisotopic (exact) mass is 478 g/mol. The number of hydrogen-bond donors (Lipinski definition) is 1. The molecule has 0 fully saturated rings. The molecule has 0 aliphatic heterocycles. The van der Waals surface area contributed by atoms with Crippen LogP contribution >= 0.6 is 0 Å². The molecule has 35 heavy (non-hydrogen) atoms. The summed E-state index contributed by atoms with van der Waals surface area (Å²) in [7, 11) is 2.00. The van der Waals surface area contributed by atoms with Crippen LogP contribution in [0.2, 0.25) is 0 Å². The number of aromatic amines is 1. The van der Waals surface area contributed by atoms with E-state index in [-0.39, 0.29) is 18.4 Å². The minimum Gasteiger partial charge on any atom is -0.493 e. The molecule has 0 unspecified atom stereocenters. The summed E-state index contributed by atoms with van der Waals surface area (Å²) in [5.41, 5.74) is 3.24. The van der Waals surface area contributed by atoms with Crippen LogP contribution in [0.4, 0.5) is 0 Å². The summed E-state index contributed by atoms with van der Waals surface area (Å²) >= 11 is 0. The molecule has 0 saturated heterocycles.